The average molecular weight is 731 g/mol. The van der Waals surface area contributed by atoms with Gasteiger partial charge in [-0.2, -0.15) is 0 Å². The molecule has 0 aromatic heterocycles. The van der Waals surface area contributed by atoms with E-state index in [-0.39, 0.29) is 0 Å². The highest BCUT2D eigenvalue weighted by Gasteiger charge is 2.30. The Kier molecular flexibility index (Phi) is 10.3. The van der Waals surface area contributed by atoms with Crippen LogP contribution in [0.1, 0.15) is 0 Å². The highest BCUT2D eigenvalue weighted by Crippen LogP contribution is 2.43. The fourth-order valence-electron chi connectivity index (χ4n) is 11.3. The monoisotopic (exact) mass is 735 g/mol. The van der Waals surface area contributed by atoms with Gasteiger partial charge in [-0.1, -0.05) is 97.1 Å². The van der Waals surface area contributed by atoms with E-state index in [4.69, 9.17) is 0 Å². The van der Waals surface area contributed by atoms with Crippen LogP contribution in [0.4, 0.5) is 0 Å². The third-order valence-electron chi connectivity index (χ3n) is 16.4. The maximum Gasteiger partial charge on any atom is 0.139 e. The summed E-state index contributed by atoms with van der Waals surface area (Å²) in [7, 11) is 45.1. The summed E-state index contributed by atoms with van der Waals surface area (Å²) in [4.78, 5) is 0. The van der Waals surface area contributed by atoms with E-state index in [9.17, 15) is 0 Å². The molecular weight excluding hydrogens is 686 g/mol. The quantitative estimate of drug-likeness (QED) is 0.125. The zero-order valence-corrected chi connectivity index (χ0v) is 39.5. The van der Waals surface area contributed by atoms with E-state index in [1.54, 1.807) is 0 Å². The van der Waals surface area contributed by atoms with E-state index < -0.39 is 0 Å². The van der Waals surface area contributed by atoms with Gasteiger partial charge >= 0.3 is 0 Å². The van der Waals surface area contributed by atoms with Crippen molar-refractivity contribution < 1.29 is 0 Å². The Morgan fingerprint density at radius 1 is 0.203 bits per heavy atom. The normalized spacial score (nSPS) is 11.7. The summed E-state index contributed by atoms with van der Waals surface area (Å²) >= 11 is 0. The van der Waals surface area contributed by atoms with Gasteiger partial charge in [0.1, 0.15) is 149 Å². The van der Waals surface area contributed by atoms with Crippen LogP contribution in [0.5, 0.6) is 0 Å². The van der Waals surface area contributed by atoms with Gasteiger partial charge < -0.3 is 0 Å². The molecule has 59 heavy (non-hydrogen) atoms. The molecule has 0 fully saturated rings. The highest BCUT2D eigenvalue weighted by atomic mass is 14.3. The number of fused-ring (bicyclic) bond motifs is 4. The molecule has 0 saturated heterocycles. The predicted octanol–water partition coefficient (Wildman–Crippen LogP) is -21.8. The Morgan fingerprint density at radius 3 is 0.881 bits per heavy atom. The number of rotatable bonds is 3. The Balaban J connectivity index is 1.78. The molecular formula is C40H45B19. The third kappa shape index (κ3) is 5.64. The average Bonchev–Trinajstić information content (AvgIpc) is 3.23. The standard InChI is InChI=1S/C40H45B19/c41-22-17(18-19(29(48)37(56)36(55)28(18)47)20(23(22)42)21-30(49)38(57)40(59)39(58)31(21)50)12-15-13(24(43)32(51)34(53)26(15)45)11(10-7-3-5-8-4-1-2-6-9(8)10)14-16(12)27(46)35(54)33(52)25(14)44/h1-7H,41-59H2. The molecule has 262 valence electrons. The van der Waals surface area contributed by atoms with E-state index in [0.29, 0.717) is 0 Å². The first-order valence-electron chi connectivity index (χ1n) is 21.8. The maximum absolute atomic E-state index is 2.44. The van der Waals surface area contributed by atoms with Crippen LogP contribution in [0.2, 0.25) is 0 Å². The zero-order chi connectivity index (χ0) is 43.0. The Bertz CT molecular complexity index is 3150. The lowest BCUT2D eigenvalue weighted by molar-refractivity contribution is 1.73. The minimum Gasteiger partial charge on any atom is -0.102 e. The van der Waals surface area contributed by atoms with Crippen LogP contribution < -0.4 is 104 Å². The van der Waals surface area contributed by atoms with Crippen LogP contribution in [0.15, 0.2) is 42.5 Å². The summed E-state index contributed by atoms with van der Waals surface area (Å²) in [6, 6.07) is 15.9. The molecule has 0 atom stereocenters. The van der Waals surface area contributed by atoms with Gasteiger partial charge in [-0.05, 0) is 76.5 Å². The highest BCUT2D eigenvalue weighted by molar-refractivity contribution is 6.75. The van der Waals surface area contributed by atoms with E-state index in [1.165, 1.54) is 180 Å². The molecule has 8 aromatic rings. The first kappa shape index (κ1) is 41.8. The lowest BCUT2D eigenvalue weighted by atomic mass is 9.55. The second-order valence-electron chi connectivity index (χ2n) is 18.5. The summed E-state index contributed by atoms with van der Waals surface area (Å²) in [6.07, 6.45) is 0. The van der Waals surface area contributed by atoms with Gasteiger partial charge in [0.05, 0.1) is 0 Å². The number of hydrogen-bond donors (Lipinski definition) is 0. The molecule has 0 aliphatic rings. The summed E-state index contributed by atoms with van der Waals surface area (Å²) in [6.45, 7) is 0. The molecule has 0 N–H and O–H groups in total. The maximum atomic E-state index is 2.44. The fraction of sp³-hybridized carbons (Fsp3) is 0. The van der Waals surface area contributed by atoms with Crippen molar-refractivity contribution in [3.63, 3.8) is 0 Å². The van der Waals surface area contributed by atoms with Crippen LogP contribution in [0.25, 0.3) is 76.5 Å². The van der Waals surface area contributed by atoms with Crippen LogP contribution in [-0.4, -0.2) is 149 Å². The van der Waals surface area contributed by atoms with Gasteiger partial charge in [0, 0.05) is 0 Å². The molecule has 0 bridgehead atoms. The molecule has 8 rings (SSSR count). The van der Waals surface area contributed by atoms with Crippen molar-refractivity contribution in [1.82, 2.24) is 0 Å². The Labute approximate surface area is 369 Å². The Morgan fingerprint density at radius 2 is 0.475 bits per heavy atom. The molecule has 0 aliphatic carbocycles. The smallest absolute Gasteiger partial charge is 0.102 e. The summed E-state index contributed by atoms with van der Waals surface area (Å²) in [5, 5.41) is 11.1. The molecule has 0 radical (unpaired) electrons. The van der Waals surface area contributed by atoms with Crippen molar-refractivity contribution in [3.8, 4) is 33.4 Å². The fourth-order valence-corrected chi connectivity index (χ4v) is 11.3. The van der Waals surface area contributed by atoms with Crippen molar-refractivity contribution in [1.29, 1.82) is 0 Å². The molecule has 8 aromatic carbocycles. The van der Waals surface area contributed by atoms with Crippen molar-refractivity contribution >= 4 is 296 Å². The molecule has 0 aliphatic heterocycles. The van der Waals surface area contributed by atoms with Crippen molar-refractivity contribution in [3.05, 3.63) is 42.5 Å². The number of hydrogen-bond acceptors (Lipinski definition) is 0. The van der Waals surface area contributed by atoms with E-state index in [2.05, 4.69) is 192 Å². The minimum absolute atomic E-state index is 1.28. The Hall–Kier alpha value is -3.97. The predicted molar refractivity (Wildman–Crippen MR) is 328 cm³/mol. The SMILES string of the molecule is Bc1c(B)c(B)c(-c2c(B)c(B)c(-c3c4c(B)c(B)c(B)c(B)c4c(-c4cccc5ccccc45)c4c(B)c(B)c(B)c(B)c34)c3c(B)c(B)c(B)c(B)c23)c(B)c1B. The van der Waals surface area contributed by atoms with Crippen LogP contribution in [0.3, 0.4) is 0 Å². The van der Waals surface area contributed by atoms with E-state index in [1.807, 2.05) is 0 Å². The van der Waals surface area contributed by atoms with E-state index in [0.717, 1.165) is 0 Å². The van der Waals surface area contributed by atoms with Gasteiger partial charge in [-0.15, -0.1) is 49.2 Å². The topological polar surface area (TPSA) is 0 Å². The van der Waals surface area contributed by atoms with Crippen molar-refractivity contribution in [2.45, 2.75) is 0 Å². The molecule has 0 unspecified atom stereocenters. The first-order valence-corrected chi connectivity index (χ1v) is 21.8. The summed E-state index contributed by atoms with van der Waals surface area (Å²) in [5.74, 6) is 0. The van der Waals surface area contributed by atoms with Crippen LogP contribution >= 0.6 is 0 Å². The van der Waals surface area contributed by atoms with Crippen molar-refractivity contribution in [2.24, 2.45) is 0 Å². The summed E-state index contributed by atoms with van der Waals surface area (Å²) < 4.78 is 0. The molecule has 0 nitrogen and oxygen atoms in total. The second-order valence-corrected chi connectivity index (χ2v) is 18.5. The van der Waals surface area contributed by atoms with Gasteiger partial charge in [0.15, 0.2) is 0 Å². The number of benzene rings is 8. The lowest BCUT2D eigenvalue weighted by Gasteiger charge is -2.32. The largest absolute Gasteiger partial charge is 0.139 e. The van der Waals surface area contributed by atoms with Gasteiger partial charge in [0.25, 0.3) is 0 Å². The molecule has 19 heteroatoms. The van der Waals surface area contributed by atoms with Gasteiger partial charge in [-0.3, -0.25) is 0 Å². The first-order chi connectivity index (χ1) is 27.8. The summed E-state index contributed by atoms with van der Waals surface area (Å²) in [5.41, 5.74) is 34.9. The third-order valence-corrected chi connectivity index (χ3v) is 16.4. The second kappa shape index (κ2) is 14.6. The lowest BCUT2D eigenvalue weighted by Crippen LogP contribution is -2.56. The van der Waals surface area contributed by atoms with Crippen LogP contribution in [0, 0.1) is 0 Å². The van der Waals surface area contributed by atoms with Crippen LogP contribution in [-0.2, 0) is 0 Å². The molecule has 0 spiro atoms. The minimum atomic E-state index is 1.28. The molecule has 0 saturated carbocycles. The van der Waals surface area contributed by atoms with Gasteiger partial charge in [-0.25, -0.2) is 0 Å². The zero-order valence-electron chi connectivity index (χ0n) is 39.5. The molecule has 0 amide bonds. The van der Waals surface area contributed by atoms with Gasteiger partial charge in [0.2, 0.25) is 0 Å². The van der Waals surface area contributed by atoms with Crippen molar-refractivity contribution in [2.75, 3.05) is 0 Å². The molecule has 0 heterocycles. The van der Waals surface area contributed by atoms with E-state index >= 15 is 0 Å².